The van der Waals surface area contributed by atoms with E-state index < -0.39 is 6.10 Å². The molecular weight excluding hydrogens is 240 g/mol. The Hall–Kier alpha value is -2.00. The zero-order valence-corrected chi connectivity index (χ0v) is 11.1. The Morgan fingerprint density at radius 1 is 1.11 bits per heavy atom. The Bertz CT molecular complexity index is 544. The Morgan fingerprint density at radius 3 is 2.42 bits per heavy atom. The van der Waals surface area contributed by atoms with Crippen LogP contribution >= 0.6 is 0 Å². The smallest absolute Gasteiger partial charge is 0.125 e. The summed E-state index contributed by atoms with van der Waals surface area (Å²) in [5.74, 6) is 0.928. The molecule has 0 heterocycles. The molecule has 1 atom stereocenters. The van der Waals surface area contributed by atoms with E-state index in [1.165, 1.54) is 0 Å². The van der Waals surface area contributed by atoms with Crippen molar-refractivity contribution in [2.45, 2.75) is 26.6 Å². The maximum Gasteiger partial charge on any atom is 0.125 e. The molecule has 0 spiro atoms. The minimum absolute atomic E-state index is 0.240. The van der Waals surface area contributed by atoms with Crippen LogP contribution in [0.4, 0.5) is 0 Å². The lowest BCUT2D eigenvalue weighted by molar-refractivity contribution is 0.190. The van der Waals surface area contributed by atoms with Gasteiger partial charge in [-0.1, -0.05) is 23.8 Å². The minimum atomic E-state index is -0.560. The highest BCUT2D eigenvalue weighted by Crippen LogP contribution is 2.27. The average molecular weight is 258 g/mol. The van der Waals surface area contributed by atoms with Gasteiger partial charge in [0.25, 0.3) is 0 Å². The van der Waals surface area contributed by atoms with E-state index >= 15 is 0 Å². The predicted molar refractivity (Wildman–Crippen MR) is 74.3 cm³/mol. The zero-order valence-electron chi connectivity index (χ0n) is 11.1. The number of aliphatic hydroxyl groups excluding tert-OH is 1. The van der Waals surface area contributed by atoms with Crippen molar-refractivity contribution in [2.75, 3.05) is 0 Å². The number of hydrogen-bond donors (Lipinski definition) is 2. The van der Waals surface area contributed by atoms with Crippen LogP contribution in [0.3, 0.4) is 0 Å². The standard InChI is InChI=1S/C16H18O3/c1-11-3-8-16(15(9-11)12(2)17)19-10-13-4-6-14(18)7-5-13/h3-9,12,17-18H,10H2,1-2H3. The zero-order chi connectivity index (χ0) is 13.8. The van der Waals surface area contributed by atoms with Gasteiger partial charge in [-0.2, -0.15) is 0 Å². The van der Waals surface area contributed by atoms with Crippen LogP contribution < -0.4 is 4.74 Å². The van der Waals surface area contributed by atoms with Crippen molar-refractivity contribution in [2.24, 2.45) is 0 Å². The number of phenolic OH excluding ortho intramolecular Hbond substituents is 1. The Morgan fingerprint density at radius 2 is 1.79 bits per heavy atom. The molecule has 19 heavy (non-hydrogen) atoms. The van der Waals surface area contributed by atoms with Gasteiger partial charge in [-0.25, -0.2) is 0 Å². The van der Waals surface area contributed by atoms with Crippen molar-refractivity contribution in [1.29, 1.82) is 0 Å². The highest BCUT2D eigenvalue weighted by molar-refractivity contribution is 5.38. The maximum absolute atomic E-state index is 9.75. The van der Waals surface area contributed by atoms with E-state index in [4.69, 9.17) is 4.74 Å². The molecule has 0 saturated heterocycles. The average Bonchev–Trinajstić information content (AvgIpc) is 2.39. The quantitative estimate of drug-likeness (QED) is 0.884. The molecule has 3 heteroatoms. The van der Waals surface area contributed by atoms with Crippen LogP contribution in [-0.4, -0.2) is 10.2 Å². The van der Waals surface area contributed by atoms with Crippen LogP contribution in [0.25, 0.3) is 0 Å². The molecule has 0 radical (unpaired) electrons. The monoisotopic (exact) mass is 258 g/mol. The topological polar surface area (TPSA) is 49.7 Å². The minimum Gasteiger partial charge on any atom is -0.508 e. The van der Waals surface area contributed by atoms with Crippen LogP contribution in [0.2, 0.25) is 0 Å². The summed E-state index contributed by atoms with van der Waals surface area (Å²) in [5.41, 5.74) is 2.85. The first kappa shape index (κ1) is 13.4. The first-order valence-electron chi connectivity index (χ1n) is 6.25. The number of rotatable bonds is 4. The molecule has 0 aliphatic heterocycles. The van der Waals surface area contributed by atoms with Crippen molar-refractivity contribution in [3.05, 3.63) is 59.2 Å². The number of aromatic hydroxyl groups is 1. The summed E-state index contributed by atoms with van der Waals surface area (Å²) >= 11 is 0. The lowest BCUT2D eigenvalue weighted by atomic mass is 10.1. The van der Waals surface area contributed by atoms with Gasteiger partial charge in [-0.3, -0.25) is 0 Å². The van der Waals surface area contributed by atoms with Crippen molar-refractivity contribution in [1.82, 2.24) is 0 Å². The van der Waals surface area contributed by atoms with Crippen LogP contribution in [0.15, 0.2) is 42.5 Å². The van der Waals surface area contributed by atoms with Gasteiger partial charge in [0.1, 0.15) is 18.1 Å². The van der Waals surface area contributed by atoms with E-state index in [1.54, 1.807) is 19.1 Å². The Kier molecular flexibility index (Phi) is 4.07. The molecule has 0 aliphatic carbocycles. The van der Waals surface area contributed by atoms with Crippen LogP contribution in [0, 0.1) is 6.92 Å². The van der Waals surface area contributed by atoms with Gasteiger partial charge >= 0.3 is 0 Å². The van der Waals surface area contributed by atoms with Gasteiger partial charge in [0.15, 0.2) is 0 Å². The second-order valence-corrected chi connectivity index (χ2v) is 4.67. The van der Waals surface area contributed by atoms with E-state index in [1.807, 2.05) is 37.3 Å². The first-order valence-corrected chi connectivity index (χ1v) is 6.25. The lowest BCUT2D eigenvalue weighted by Gasteiger charge is -2.14. The molecule has 0 amide bonds. The van der Waals surface area contributed by atoms with Crippen LogP contribution in [0.5, 0.6) is 11.5 Å². The molecule has 0 aromatic heterocycles. The highest BCUT2D eigenvalue weighted by atomic mass is 16.5. The van der Waals surface area contributed by atoms with Crippen LogP contribution in [-0.2, 0) is 6.61 Å². The third kappa shape index (κ3) is 3.48. The molecule has 0 bridgehead atoms. The summed E-state index contributed by atoms with van der Waals surface area (Å²) in [6.07, 6.45) is -0.560. The molecule has 0 fully saturated rings. The fourth-order valence-electron chi connectivity index (χ4n) is 1.88. The fraction of sp³-hybridized carbons (Fsp3) is 0.250. The number of aliphatic hydroxyl groups is 1. The van der Waals surface area contributed by atoms with Gasteiger partial charge in [0.05, 0.1) is 6.10 Å². The predicted octanol–water partition coefficient (Wildman–Crippen LogP) is 3.33. The molecule has 0 aliphatic rings. The van der Waals surface area contributed by atoms with Gasteiger partial charge in [-0.05, 0) is 43.7 Å². The summed E-state index contributed by atoms with van der Waals surface area (Å²) < 4.78 is 5.74. The Labute approximate surface area is 113 Å². The van der Waals surface area contributed by atoms with E-state index in [-0.39, 0.29) is 5.75 Å². The first-order chi connectivity index (χ1) is 9.06. The molecule has 2 aromatic carbocycles. The van der Waals surface area contributed by atoms with E-state index in [9.17, 15) is 10.2 Å². The van der Waals surface area contributed by atoms with E-state index in [2.05, 4.69) is 0 Å². The molecule has 2 aromatic rings. The van der Waals surface area contributed by atoms with Gasteiger partial charge < -0.3 is 14.9 Å². The van der Waals surface area contributed by atoms with Gasteiger partial charge in [0, 0.05) is 5.56 Å². The summed E-state index contributed by atoms with van der Waals surface area (Å²) in [4.78, 5) is 0. The summed E-state index contributed by atoms with van der Waals surface area (Å²) in [7, 11) is 0. The van der Waals surface area contributed by atoms with Gasteiger partial charge in [0.2, 0.25) is 0 Å². The third-order valence-corrected chi connectivity index (χ3v) is 2.95. The second kappa shape index (κ2) is 5.76. The number of hydrogen-bond acceptors (Lipinski definition) is 3. The van der Waals surface area contributed by atoms with Crippen molar-refractivity contribution < 1.29 is 14.9 Å². The molecule has 2 rings (SSSR count). The number of phenols is 1. The largest absolute Gasteiger partial charge is 0.508 e. The van der Waals surface area contributed by atoms with Crippen molar-refractivity contribution >= 4 is 0 Å². The maximum atomic E-state index is 9.75. The normalized spacial score (nSPS) is 12.2. The summed E-state index contributed by atoms with van der Waals surface area (Å²) in [6.45, 7) is 4.11. The summed E-state index contributed by atoms with van der Waals surface area (Å²) in [5, 5.41) is 19.0. The van der Waals surface area contributed by atoms with E-state index in [0.29, 0.717) is 12.4 Å². The third-order valence-electron chi connectivity index (χ3n) is 2.95. The van der Waals surface area contributed by atoms with Crippen molar-refractivity contribution in [3.8, 4) is 11.5 Å². The van der Waals surface area contributed by atoms with Crippen LogP contribution in [0.1, 0.15) is 29.7 Å². The molecule has 100 valence electrons. The molecular formula is C16H18O3. The SMILES string of the molecule is Cc1ccc(OCc2ccc(O)cc2)c(C(C)O)c1. The molecule has 1 unspecified atom stereocenters. The fourth-order valence-corrected chi connectivity index (χ4v) is 1.88. The van der Waals surface area contributed by atoms with E-state index in [0.717, 1.165) is 16.7 Å². The molecule has 0 saturated carbocycles. The van der Waals surface area contributed by atoms with Gasteiger partial charge in [-0.15, -0.1) is 0 Å². The number of benzene rings is 2. The number of aryl methyl sites for hydroxylation is 1. The number of ether oxygens (including phenoxy) is 1. The molecule has 2 N–H and O–H groups in total. The highest BCUT2D eigenvalue weighted by Gasteiger charge is 2.09. The van der Waals surface area contributed by atoms with Crippen molar-refractivity contribution in [3.63, 3.8) is 0 Å². The summed E-state index contributed by atoms with van der Waals surface area (Å²) in [6, 6.07) is 12.6. The second-order valence-electron chi connectivity index (χ2n) is 4.67. The lowest BCUT2D eigenvalue weighted by Crippen LogP contribution is -2.01. The molecule has 3 nitrogen and oxygen atoms in total. The Balaban J connectivity index is 2.13.